The number of aromatic amines is 1. The van der Waals surface area contributed by atoms with Crippen LogP contribution in [-0.2, 0) is 11.0 Å². The van der Waals surface area contributed by atoms with Crippen LogP contribution in [0.1, 0.15) is 29.0 Å². The minimum absolute atomic E-state index is 0.0143. The van der Waals surface area contributed by atoms with Crippen LogP contribution >= 0.6 is 0 Å². The van der Waals surface area contributed by atoms with Crippen molar-refractivity contribution < 1.29 is 22.9 Å². The first-order chi connectivity index (χ1) is 18.2. The van der Waals surface area contributed by atoms with E-state index in [2.05, 4.69) is 9.88 Å². The van der Waals surface area contributed by atoms with Crippen LogP contribution in [0.5, 0.6) is 0 Å². The number of alkyl halides is 3. The number of non-ortho nitro benzene ring substituents is 1. The van der Waals surface area contributed by atoms with Crippen LogP contribution in [-0.4, -0.2) is 46.9 Å². The number of carbonyl (C=O) groups excluding carboxylic acids is 1. The molecule has 38 heavy (non-hydrogen) atoms. The van der Waals surface area contributed by atoms with Gasteiger partial charge < -0.3 is 14.8 Å². The number of hydrogen-bond acceptors (Lipinski definition) is 4. The lowest BCUT2D eigenvalue weighted by molar-refractivity contribution is -0.384. The third-order valence-electron chi connectivity index (χ3n) is 7.05. The number of anilines is 1. The van der Waals surface area contributed by atoms with E-state index in [1.807, 2.05) is 24.3 Å². The SMILES string of the molecule is O=C(C[C@@H](c1cccc(C(F)(F)F)c1)c1c[nH]c2ccccc12)N1CCN(c2ccc([N+](=O)[O-])cc2)CC1. The van der Waals surface area contributed by atoms with Crippen LogP contribution in [0.3, 0.4) is 0 Å². The van der Waals surface area contributed by atoms with Gasteiger partial charge in [0.05, 0.1) is 10.5 Å². The van der Waals surface area contributed by atoms with Gasteiger partial charge >= 0.3 is 6.18 Å². The summed E-state index contributed by atoms with van der Waals surface area (Å²) in [6.07, 6.45) is -2.69. The zero-order valence-corrected chi connectivity index (χ0v) is 20.3. The van der Waals surface area contributed by atoms with Crippen molar-refractivity contribution in [2.24, 2.45) is 0 Å². The number of hydrogen-bond donors (Lipinski definition) is 1. The van der Waals surface area contributed by atoms with E-state index >= 15 is 0 Å². The van der Waals surface area contributed by atoms with Gasteiger partial charge in [-0.1, -0.05) is 36.4 Å². The summed E-state index contributed by atoms with van der Waals surface area (Å²) in [5, 5.41) is 11.8. The minimum atomic E-state index is -4.49. The van der Waals surface area contributed by atoms with E-state index in [9.17, 15) is 28.1 Å². The summed E-state index contributed by atoms with van der Waals surface area (Å²) in [7, 11) is 0. The molecule has 0 spiro atoms. The van der Waals surface area contributed by atoms with Crippen molar-refractivity contribution >= 4 is 28.2 Å². The molecule has 5 rings (SSSR count). The number of nitro benzene ring substituents is 1. The Morgan fingerprint density at radius 1 is 0.974 bits per heavy atom. The van der Waals surface area contributed by atoms with Crippen molar-refractivity contribution in [2.45, 2.75) is 18.5 Å². The van der Waals surface area contributed by atoms with Gasteiger partial charge in [-0.2, -0.15) is 13.2 Å². The van der Waals surface area contributed by atoms with E-state index in [-0.39, 0.29) is 18.0 Å². The summed E-state index contributed by atoms with van der Waals surface area (Å²) in [4.78, 5) is 30.9. The van der Waals surface area contributed by atoms with E-state index < -0.39 is 22.6 Å². The van der Waals surface area contributed by atoms with Crippen LogP contribution in [0, 0.1) is 10.1 Å². The fraction of sp³-hybridized carbons (Fsp3) is 0.250. The molecule has 1 aliphatic rings. The van der Waals surface area contributed by atoms with Gasteiger partial charge in [0, 0.05) is 73.4 Å². The van der Waals surface area contributed by atoms with Crippen LogP contribution in [0.4, 0.5) is 24.5 Å². The number of piperazine rings is 1. The largest absolute Gasteiger partial charge is 0.416 e. The Balaban J connectivity index is 1.36. The molecule has 0 aliphatic carbocycles. The average molecular weight is 523 g/mol. The maximum absolute atomic E-state index is 13.5. The zero-order valence-electron chi connectivity index (χ0n) is 20.3. The molecule has 2 heterocycles. The second-order valence-electron chi connectivity index (χ2n) is 9.31. The summed E-state index contributed by atoms with van der Waals surface area (Å²) in [5.41, 5.74) is 2.16. The molecule has 1 atom stereocenters. The highest BCUT2D eigenvalue weighted by Gasteiger charge is 2.32. The Hall–Kier alpha value is -4.34. The highest BCUT2D eigenvalue weighted by Crippen LogP contribution is 2.37. The molecule has 1 fully saturated rings. The number of amides is 1. The van der Waals surface area contributed by atoms with E-state index in [4.69, 9.17) is 0 Å². The fourth-order valence-corrected chi connectivity index (χ4v) is 5.02. The number of H-pyrrole nitrogens is 1. The van der Waals surface area contributed by atoms with Gasteiger partial charge in [0.1, 0.15) is 0 Å². The number of halogens is 3. The molecule has 1 saturated heterocycles. The number of para-hydroxylation sites is 1. The number of nitro groups is 1. The normalized spacial score (nSPS) is 15.0. The molecule has 10 heteroatoms. The summed E-state index contributed by atoms with van der Waals surface area (Å²) < 4.78 is 40.5. The van der Waals surface area contributed by atoms with E-state index in [1.165, 1.54) is 18.2 Å². The Morgan fingerprint density at radius 2 is 1.68 bits per heavy atom. The zero-order chi connectivity index (χ0) is 26.9. The van der Waals surface area contributed by atoms with Gasteiger partial charge in [-0.15, -0.1) is 0 Å². The molecule has 1 amide bonds. The fourth-order valence-electron chi connectivity index (χ4n) is 5.02. The topological polar surface area (TPSA) is 82.5 Å². The van der Waals surface area contributed by atoms with Crippen LogP contribution in [0.25, 0.3) is 10.9 Å². The molecule has 0 unspecified atom stereocenters. The third-order valence-corrected chi connectivity index (χ3v) is 7.05. The molecule has 196 valence electrons. The van der Waals surface area contributed by atoms with Crippen LogP contribution in [0.2, 0.25) is 0 Å². The number of nitrogens with one attached hydrogen (secondary N) is 1. The monoisotopic (exact) mass is 522 g/mol. The quantitative estimate of drug-likeness (QED) is 0.250. The highest BCUT2D eigenvalue weighted by atomic mass is 19.4. The molecular formula is C28H25F3N4O3. The molecule has 1 aromatic heterocycles. The predicted molar refractivity (Wildman–Crippen MR) is 138 cm³/mol. The molecule has 7 nitrogen and oxygen atoms in total. The summed E-state index contributed by atoms with van der Waals surface area (Å²) in [6, 6.07) is 19.0. The highest BCUT2D eigenvalue weighted by molar-refractivity contribution is 5.86. The lowest BCUT2D eigenvalue weighted by atomic mass is 9.87. The maximum atomic E-state index is 13.5. The second-order valence-corrected chi connectivity index (χ2v) is 9.31. The Morgan fingerprint density at radius 3 is 2.37 bits per heavy atom. The molecule has 3 aromatic carbocycles. The lowest BCUT2D eigenvalue weighted by Crippen LogP contribution is -2.49. The molecule has 4 aromatic rings. The maximum Gasteiger partial charge on any atom is 0.416 e. The van der Waals surface area contributed by atoms with Crippen molar-refractivity contribution in [1.29, 1.82) is 0 Å². The Labute approximate surface area is 216 Å². The summed E-state index contributed by atoms with van der Waals surface area (Å²) >= 11 is 0. The van der Waals surface area contributed by atoms with Crippen molar-refractivity contribution in [3.63, 3.8) is 0 Å². The number of carbonyl (C=O) groups is 1. The molecule has 1 aliphatic heterocycles. The van der Waals surface area contributed by atoms with Crippen LogP contribution < -0.4 is 4.90 Å². The number of benzene rings is 3. The van der Waals surface area contributed by atoms with Gasteiger partial charge in [-0.25, -0.2) is 0 Å². The van der Waals surface area contributed by atoms with Crippen molar-refractivity contribution in [3.05, 3.63) is 106 Å². The standard InChI is InChI=1S/C28H25F3N4O3/c29-28(30,31)20-5-3-4-19(16-20)24(25-18-32-26-7-2-1-6-23(25)26)17-27(36)34-14-12-33(13-15-34)21-8-10-22(11-9-21)35(37)38/h1-11,16,18,24,32H,12-15,17H2/t24-/m0/s1. The minimum Gasteiger partial charge on any atom is -0.368 e. The Kier molecular flexibility index (Phi) is 6.79. The molecule has 0 radical (unpaired) electrons. The number of rotatable bonds is 6. The first kappa shape index (κ1) is 25.3. The van der Waals surface area contributed by atoms with Crippen molar-refractivity contribution in [3.8, 4) is 0 Å². The van der Waals surface area contributed by atoms with Gasteiger partial charge in [-0.05, 0) is 35.4 Å². The number of nitrogens with zero attached hydrogens (tertiary/aromatic N) is 3. The predicted octanol–water partition coefficient (Wildman–Crippen LogP) is 5.97. The van der Waals surface area contributed by atoms with Gasteiger partial charge in [0.25, 0.3) is 5.69 Å². The lowest BCUT2D eigenvalue weighted by Gasteiger charge is -2.36. The second kappa shape index (κ2) is 10.2. The number of fused-ring (bicyclic) bond motifs is 1. The van der Waals surface area contributed by atoms with Gasteiger partial charge in [0.15, 0.2) is 0 Å². The Bertz CT molecular complexity index is 1460. The van der Waals surface area contributed by atoms with Crippen molar-refractivity contribution in [1.82, 2.24) is 9.88 Å². The van der Waals surface area contributed by atoms with Gasteiger partial charge in [-0.3, -0.25) is 14.9 Å². The van der Waals surface area contributed by atoms with E-state index in [0.29, 0.717) is 31.7 Å². The summed E-state index contributed by atoms with van der Waals surface area (Å²) in [5.74, 6) is -0.699. The van der Waals surface area contributed by atoms with E-state index in [1.54, 1.807) is 29.3 Å². The third kappa shape index (κ3) is 5.20. The van der Waals surface area contributed by atoms with Crippen LogP contribution in [0.15, 0.2) is 79.0 Å². The first-order valence-corrected chi connectivity index (χ1v) is 12.2. The molecule has 0 saturated carbocycles. The van der Waals surface area contributed by atoms with Gasteiger partial charge in [0.2, 0.25) is 5.91 Å². The number of aromatic nitrogens is 1. The average Bonchev–Trinajstić information content (AvgIpc) is 3.35. The molecule has 0 bridgehead atoms. The first-order valence-electron chi connectivity index (χ1n) is 12.2. The molecule has 1 N–H and O–H groups in total. The van der Waals surface area contributed by atoms with Crippen molar-refractivity contribution in [2.75, 3.05) is 31.1 Å². The summed E-state index contributed by atoms with van der Waals surface area (Å²) in [6.45, 7) is 1.98. The molecular weight excluding hydrogens is 497 g/mol. The van der Waals surface area contributed by atoms with E-state index in [0.717, 1.165) is 34.3 Å². The smallest absolute Gasteiger partial charge is 0.368 e.